The van der Waals surface area contributed by atoms with Crippen LogP contribution < -0.4 is 5.32 Å². The number of nitrogens with zero attached hydrogens (tertiary/aromatic N) is 5. The number of hydrogen-bond donors (Lipinski definition) is 1. The fraction of sp³-hybridized carbons (Fsp3) is 0.362. The minimum absolute atomic E-state index is 0.0196. The van der Waals surface area contributed by atoms with Gasteiger partial charge in [-0.2, -0.15) is 0 Å². The lowest BCUT2D eigenvalue weighted by Crippen LogP contribution is -2.37. The number of aromatic nitrogens is 2. The summed E-state index contributed by atoms with van der Waals surface area (Å²) in [5.74, 6) is 0.0977. The summed E-state index contributed by atoms with van der Waals surface area (Å²) in [5.41, 5.74) is 11.7. The second kappa shape index (κ2) is 15.9. The van der Waals surface area contributed by atoms with Gasteiger partial charge in [0.15, 0.2) is 0 Å². The Morgan fingerprint density at radius 3 is 1.93 bits per heavy atom. The quantitative estimate of drug-likeness (QED) is 0.182. The van der Waals surface area contributed by atoms with E-state index in [4.69, 9.17) is 0 Å². The van der Waals surface area contributed by atoms with Crippen molar-refractivity contribution in [2.24, 2.45) is 14.1 Å². The van der Waals surface area contributed by atoms with E-state index in [0.717, 1.165) is 66.0 Å². The lowest BCUT2D eigenvalue weighted by Gasteiger charge is -2.33. The van der Waals surface area contributed by atoms with Gasteiger partial charge in [0, 0.05) is 81.2 Å². The minimum Gasteiger partial charge on any atom is -0.347 e. The molecule has 3 aliphatic rings. The zero-order valence-electron chi connectivity index (χ0n) is 32.9. The molecule has 8 heteroatoms. The first-order chi connectivity index (χ1) is 26.7. The summed E-state index contributed by atoms with van der Waals surface area (Å²) in [5, 5.41) is 5.32. The summed E-state index contributed by atoms with van der Waals surface area (Å²) < 4.78 is 3.97. The van der Waals surface area contributed by atoms with Gasteiger partial charge in [-0.3, -0.25) is 14.5 Å². The van der Waals surface area contributed by atoms with Crippen LogP contribution in [-0.4, -0.2) is 68.9 Å². The molecule has 0 bridgehead atoms. The van der Waals surface area contributed by atoms with E-state index >= 15 is 0 Å². The first kappa shape index (κ1) is 36.8. The molecule has 284 valence electrons. The van der Waals surface area contributed by atoms with Gasteiger partial charge in [0.1, 0.15) is 11.4 Å². The molecule has 0 spiro atoms. The summed E-state index contributed by atoms with van der Waals surface area (Å²) >= 11 is 0. The highest BCUT2D eigenvalue weighted by molar-refractivity contribution is 5.99. The Bertz CT molecular complexity index is 2340. The van der Waals surface area contributed by atoms with E-state index in [1.54, 1.807) is 0 Å². The molecule has 0 atom stereocenters. The number of para-hydroxylation sites is 2. The number of carbonyl (C=O) groups excluding carboxylic acids is 2. The van der Waals surface area contributed by atoms with Gasteiger partial charge in [0.2, 0.25) is 0 Å². The van der Waals surface area contributed by atoms with Gasteiger partial charge in [0.25, 0.3) is 11.8 Å². The average molecular weight is 735 g/mol. The highest BCUT2D eigenvalue weighted by Crippen LogP contribution is 2.30. The Labute approximate surface area is 325 Å². The van der Waals surface area contributed by atoms with Crippen LogP contribution in [0.4, 0.5) is 0 Å². The number of carbonyl (C=O) groups is 2. The largest absolute Gasteiger partial charge is 0.347 e. The highest BCUT2D eigenvalue weighted by atomic mass is 16.2. The van der Waals surface area contributed by atoms with Crippen molar-refractivity contribution in [3.05, 3.63) is 142 Å². The zero-order valence-corrected chi connectivity index (χ0v) is 32.9. The van der Waals surface area contributed by atoms with Crippen LogP contribution in [0.25, 0.3) is 21.8 Å². The molecule has 0 radical (unpaired) electrons. The van der Waals surface area contributed by atoms with Gasteiger partial charge in [-0.15, -0.1) is 0 Å². The fourth-order valence-electron chi connectivity index (χ4n) is 9.00. The highest BCUT2D eigenvalue weighted by Gasteiger charge is 2.27. The number of nitrogens with one attached hydrogen (secondary N) is 1. The average Bonchev–Trinajstić information content (AvgIpc) is 3.95. The summed E-state index contributed by atoms with van der Waals surface area (Å²) in [7, 11) is 8.10. The van der Waals surface area contributed by atoms with Gasteiger partial charge < -0.3 is 24.3 Å². The lowest BCUT2D eigenvalue weighted by molar-refractivity contribution is 0.0725. The maximum Gasteiger partial charge on any atom is 0.270 e. The summed E-state index contributed by atoms with van der Waals surface area (Å²) in [6.07, 6.45) is 7.57. The summed E-state index contributed by atoms with van der Waals surface area (Å²) in [4.78, 5) is 32.7. The number of amides is 2. The standard InChI is InChI=1S/C25H29N3O.C22H25N3O/c1-27-23-9-5-2-6-20(23)15-24(27)25(29)26-16-18-10-11-21-17-28(13-12-19(21)14-18)22-7-3-4-8-22;1-23(2)14-16-8-9-19-15-25(11-10-17(19)12-16)22(26)21-13-18-6-4-5-7-20(18)24(21)3/h2,5-6,9-11,14-15,22H,3-4,7-8,12-13,16-17H2,1H3,(H,26,29);4-9,12-13H,10-11,14-15H2,1-3H3. The van der Waals surface area contributed by atoms with E-state index in [2.05, 4.69) is 77.7 Å². The summed E-state index contributed by atoms with van der Waals surface area (Å²) in [6.45, 7) is 5.24. The Kier molecular flexibility index (Phi) is 10.6. The molecular formula is C47H54N6O2. The van der Waals surface area contributed by atoms with E-state index < -0.39 is 0 Å². The third-order valence-electron chi connectivity index (χ3n) is 12.0. The molecule has 55 heavy (non-hydrogen) atoms. The van der Waals surface area contributed by atoms with Crippen molar-refractivity contribution >= 4 is 33.6 Å². The predicted molar refractivity (Wildman–Crippen MR) is 222 cm³/mol. The number of aryl methyl sites for hydroxylation is 2. The SMILES string of the molecule is CN(C)Cc1ccc2c(c1)CCN(C(=O)c1cc3ccccc3n1C)C2.Cn1c(C(=O)NCc2ccc3c(c2)CCN(C2CCCC2)C3)cc2ccccc21. The molecule has 1 fully saturated rings. The molecule has 6 aromatic rings. The van der Waals surface area contributed by atoms with Gasteiger partial charge in [0.05, 0.1) is 0 Å². The molecule has 2 amide bonds. The number of rotatable bonds is 7. The molecule has 2 aromatic heterocycles. The Hall–Kier alpha value is -5.18. The molecule has 0 saturated heterocycles. The third kappa shape index (κ3) is 7.84. The van der Waals surface area contributed by atoms with Crippen molar-refractivity contribution in [1.82, 2.24) is 29.2 Å². The van der Waals surface area contributed by atoms with Crippen LogP contribution in [-0.2, 0) is 53.1 Å². The normalized spacial score (nSPS) is 15.9. The first-order valence-electron chi connectivity index (χ1n) is 20.0. The van der Waals surface area contributed by atoms with Crippen molar-refractivity contribution in [2.75, 3.05) is 27.2 Å². The van der Waals surface area contributed by atoms with Crippen LogP contribution >= 0.6 is 0 Å². The molecule has 1 N–H and O–H groups in total. The number of fused-ring (bicyclic) bond motifs is 4. The Morgan fingerprint density at radius 2 is 1.25 bits per heavy atom. The van der Waals surface area contributed by atoms with E-state index in [0.29, 0.717) is 18.8 Å². The minimum atomic E-state index is -0.0196. The molecule has 4 heterocycles. The molecule has 0 unspecified atom stereocenters. The van der Waals surface area contributed by atoms with Gasteiger partial charge in [-0.1, -0.05) is 85.6 Å². The van der Waals surface area contributed by atoms with Crippen LogP contribution in [0.15, 0.2) is 97.1 Å². The van der Waals surface area contributed by atoms with Crippen molar-refractivity contribution in [3.8, 4) is 0 Å². The van der Waals surface area contributed by atoms with Crippen LogP contribution in [0.1, 0.15) is 80.0 Å². The molecule has 9 rings (SSSR count). The maximum atomic E-state index is 13.1. The fourth-order valence-corrected chi connectivity index (χ4v) is 9.00. The van der Waals surface area contributed by atoms with Gasteiger partial charge >= 0.3 is 0 Å². The molecule has 1 aliphatic carbocycles. The van der Waals surface area contributed by atoms with E-state index in [1.165, 1.54) is 65.6 Å². The second-order valence-electron chi connectivity index (χ2n) is 16.1. The molecule has 2 aliphatic heterocycles. The summed E-state index contributed by atoms with van der Waals surface area (Å²) in [6, 6.07) is 34.4. The number of hydrogen-bond acceptors (Lipinski definition) is 4. The van der Waals surface area contributed by atoms with Crippen molar-refractivity contribution in [3.63, 3.8) is 0 Å². The van der Waals surface area contributed by atoms with Crippen molar-refractivity contribution < 1.29 is 9.59 Å². The third-order valence-corrected chi connectivity index (χ3v) is 12.0. The topological polar surface area (TPSA) is 65.8 Å². The molecular weight excluding hydrogens is 681 g/mol. The van der Waals surface area contributed by atoms with Crippen LogP contribution in [0, 0.1) is 0 Å². The predicted octanol–water partition coefficient (Wildman–Crippen LogP) is 7.85. The van der Waals surface area contributed by atoms with Gasteiger partial charge in [-0.25, -0.2) is 0 Å². The van der Waals surface area contributed by atoms with Gasteiger partial charge in [-0.05, 0) is 97.4 Å². The first-order valence-corrected chi connectivity index (χ1v) is 20.0. The Balaban J connectivity index is 0.000000156. The van der Waals surface area contributed by atoms with Crippen molar-refractivity contribution in [2.45, 2.75) is 70.7 Å². The molecule has 4 aromatic carbocycles. The molecule has 8 nitrogen and oxygen atoms in total. The van der Waals surface area contributed by atoms with Crippen molar-refractivity contribution in [1.29, 1.82) is 0 Å². The van der Waals surface area contributed by atoms with Crippen LogP contribution in [0.3, 0.4) is 0 Å². The second-order valence-corrected chi connectivity index (χ2v) is 16.1. The number of benzene rings is 4. The smallest absolute Gasteiger partial charge is 0.270 e. The lowest BCUT2D eigenvalue weighted by atomic mass is 9.96. The van der Waals surface area contributed by atoms with E-state index in [9.17, 15) is 9.59 Å². The zero-order chi connectivity index (χ0) is 38.1. The molecule has 1 saturated carbocycles. The van der Waals surface area contributed by atoms with Crippen LogP contribution in [0.5, 0.6) is 0 Å². The maximum absolute atomic E-state index is 13.1. The van der Waals surface area contributed by atoms with Crippen LogP contribution in [0.2, 0.25) is 0 Å². The van der Waals surface area contributed by atoms with E-state index in [-0.39, 0.29) is 11.8 Å². The monoisotopic (exact) mass is 734 g/mol. The van der Waals surface area contributed by atoms with E-state index in [1.807, 2.05) is 76.7 Å². The Morgan fingerprint density at radius 1 is 0.673 bits per heavy atom.